The molecule has 6 nitrogen and oxygen atoms in total. The fourth-order valence-electron chi connectivity index (χ4n) is 1.76. The first kappa shape index (κ1) is 22.8. The topological polar surface area (TPSA) is 64.1 Å². The molecule has 138 valence electrons. The lowest BCUT2D eigenvalue weighted by Gasteiger charge is -2.25. The molecule has 0 amide bonds. The van der Waals surface area contributed by atoms with Crippen LogP contribution in [0.1, 0.15) is 20.8 Å². The summed E-state index contributed by atoms with van der Waals surface area (Å²) < 4.78 is 16.4. The Kier molecular flexibility index (Phi) is 10.8. The molecule has 0 aliphatic carbocycles. The maximum atomic E-state index is 5.85. The SMILES string of the molecule is CN=C(NCC(C)Oc1ccc(OC)cc1)NCC(C)(C)OC.I. The highest BCUT2D eigenvalue weighted by molar-refractivity contribution is 14.0. The zero-order chi connectivity index (χ0) is 17.3. The largest absolute Gasteiger partial charge is 0.497 e. The molecule has 0 aromatic heterocycles. The van der Waals surface area contributed by atoms with E-state index >= 15 is 0 Å². The number of guanidine groups is 1. The number of hydrogen-bond donors (Lipinski definition) is 2. The van der Waals surface area contributed by atoms with Crippen LogP contribution in [0.15, 0.2) is 29.3 Å². The van der Waals surface area contributed by atoms with Gasteiger partial charge in [0.1, 0.15) is 17.6 Å². The van der Waals surface area contributed by atoms with E-state index in [1.165, 1.54) is 0 Å². The number of nitrogens with one attached hydrogen (secondary N) is 2. The van der Waals surface area contributed by atoms with Crippen molar-refractivity contribution >= 4 is 29.9 Å². The summed E-state index contributed by atoms with van der Waals surface area (Å²) in [7, 11) is 5.08. The maximum absolute atomic E-state index is 5.85. The van der Waals surface area contributed by atoms with Crippen LogP contribution in [-0.2, 0) is 4.74 Å². The average Bonchev–Trinajstić information content (AvgIpc) is 2.55. The molecule has 0 fully saturated rings. The predicted molar refractivity (Wildman–Crippen MR) is 109 cm³/mol. The lowest BCUT2D eigenvalue weighted by molar-refractivity contribution is 0.0268. The third-order valence-corrected chi connectivity index (χ3v) is 3.41. The second-order valence-corrected chi connectivity index (χ2v) is 5.87. The van der Waals surface area contributed by atoms with E-state index in [9.17, 15) is 0 Å². The van der Waals surface area contributed by atoms with E-state index in [4.69, 9.17) is 14.2 Å². The molecule has 0 aliphatic rings. The number of hydrogen-bond acceptors (Lipinski definition) is 4. The normalized spacial score (nSPS) is 12.8. The van der Waals surface area contributed by atoms with Crippen molar-refractivity contribution in [2.24, 2.45) is 4.99 Å². The molecule has 2 N–H and O–H groups in total. The first-order valence-corrected chi connectivity index (χ1v) is 7.70. The maximum Gasteiger partial charge on any atom is 0.191 e. The molecule has 1 rings (SSSR count). The number of benzene rings is 1. The van der Waals surface area contributed by atoms with Crippen LogP contribution in [0.2, 0.25) is 0 Å². The van der Waals surface area contributed by atoms with E-state index in [1.54, 1.807) is 21.3 Å². The first-order chi connectivity index (χ1) is 10.9. The third-order valence-electron chi connectivity index (χ3n) is 3.41. The monoisotopic (exact) mass is 451 g/mol. The van der Waals surface area contributed by atoms with E-state index in [1.807, 2.05) is 45.0 Å². The molecule has 7 heteroatoms. The number of methoxy groups -OCH3 is 2. The van der Waals surface area contributed by atoms with Crippen LogP contribution in [0.4, 0.5) is 0 Å². The molecular formula is C17H30IN3O3. The van der Waals surface area contributed by atoms with Gasteiger partial charge in [0, 0.05) is 20.7 Å². The van der Waals surface area contributed by atoms with E-state index in [2.05, 4.69) is 15.6 Å². The zero-order valence-corrected chi connectivity index (χ0v) is 17.7. The summed E-state index contributed by atoms with van der Waals surface area (Å²) in [6.07, 6.45) is -0.00243. The van der Waals surface area contributed by atoms with Gasteiger partial charge in [-0.05, 0) is 45.0 Å². The number of aliphatic imine (C=N–C) groups is 1. The molecule has 0 spiro atoms. The molecule has 0 radical (unpaired) electrons. The standard InChI is InChI=1S/C17H29N3O3.HI/c1-13(23-15-9-7-14(21-5)8-10-15)11-19-16(18-4)20-12-17(2,3)22-6;/h7-10,13H,11-12H2,1-6H3,(H2,18,19,20);1H. The minimum atomic E-state index is -0.247. The number of halogens is 1. The summed E-state index contributed by atoms with van der Waals surface area (Å²) in [5.41, 5.74) is -0.247. The smallest absolute Gasteiger partial charge is 0.191 e. The van der Waals surface area contributed by atoms with Gasteiger partial charge >= 0.3 is 0 Å². The highest BCUT2D eigenvalue weighted by Crippen LogP contribution is 2.17. The Morgan fingerprint density at radius 2 is 1.71 bits per heavy atom. The Hall–Kier alpha value is -1.22. The predicted octanol–water partition coefficient (Wildman–Crippen LogP) is 2.67. The second kappa shape index (κ2) is 11.4. The highest BCUT2D eigenvalue weighted by atomic mass is 127. The molecule has 1 aromatic rings. The number of ether oxygens (including phenoxy) is 3. The fraction of sp³-hybridized carbons (Fsp3) is 0.588. The van der Waals surface area contributed by atoms with Crippen LogP contribution in [0.25, 0.3) is 0 Å². The van der Waals surface area contributed by atoms with Crippen molar-refractivity contribution in [1.29, 1.82) is 0 Å². The molecule has 1 atom stereocenters. The minimum absolute atomic E-state index is 0. The van der Waals surface area contributed by atoms with Gasteiger partial charge in [-0.3, -0.25) is 4.99 Å². The van der Waals surface area contributed by atoms with Crippen molar-refractivity contribution in [3.05, 3.63) is 24.3 Å². The Morgan fingerprint density at radius 3 is 2.21 bits per heavy atom. The van der Waals surface area contributed by atoms with Gasteiger partial charge in [0.2, 0.25) is 0 Å². The summed E-state index contributed by atoms with van der Waals surface area (Å²) in [5.74, 6) is 2.34. The van der Waals surface area contributed by atoms with Crippen molar-refractivity contribution in [3.63, 3.8) is 0 Å². The van der Waals surface area contributed by atoms with E-state index < -0.39 is 0 Å². The van der Waals surface area contributed by atoms with E-state index in [0.717, 1.165) is 17.5 Å². The van der Waals surface area contributed by atoms with Crippen LogP contribution >= 0.6 is 24.0 Å². The van der Waals surface area contributed by atoms with Crippen molar-refractivity contribution in [2.45, 2.75) is 32.5 Å². The molecular weight excluding hydrogens is 421 g/mol. The summed E-state index contributed by atoms with van der Waals surface area (Å²) in [4.78, 5) is 4.19. The molecule has 1 unspecified atom stereocenters. The third kappa shape index (κ3) is 8.58. The second-order valence-electron chi connectivity index (χ2n) is 5.87. The molecule has 0 aliphatic heterocycles. The van der Waals surface area contributed by atoms with Gasteiger partial charge < -0.3 is 24.8 Å². The summed E-state index contributed by atoms with van der Waals surface area (Å²) in [5, 5.41) is 6.48. The van der Waals surface area contributed by atoms with Gasteiger partial charge in [0.05, 0.1) is 19.3 Å². The van der Waals surface area contributed by atoms with Gasteiger partial charge in [-0.2, -0.15) is 0 Å². The molecule has 1 aromatic carbocycles. The van der Waals surface area contributed by atoms with Crippen molar-refractivity contribution in [2.75, 3.05) is 34.4 Å². The van der Waals surface area contributed by atoms with Gasteiger partial charge in [-0.25, -0.2) is 0 Å². The Bertz CT molecular complexity index is 492. The zero-order valence-electron chi connectivity index (χ0n) is 15.4. The molecule has 24 heavy (non-hydrogen) atoms. The summed E-state index contributed by atoms with van der Waals surface area (Å²) in [6.45, 7) is 7.34. The lowest BCUT2D eigenvalue weighted by atomic mass is 10.1. The Morgan fingerprint density at radius 1 is 1.12 bits per heavy atom. The molecule has 0 saturated carbocycles. The minimum Gasteiger partial charge on any atom is -0.497 e. The Balaban J connectivity index is 0.00000529. The fourth-order valence-corrected chi connectivity index (χ4v) is 1.76. The van der Waals surface area contributed by atoms with Crippen LogP contribution < -0.4 is 20.1 Å². The van der Waals surface area contributed by atoms with Crippen molar-refractivity contribution in [1.82, 2.24) is 10.6 Å². The number of rotatable bonds is 8. The average molecular weight is 451 g/mol. The van der Waals surface area contributed by atoms with Gasteiger partial charge in [0.15, 0.2) is 5.96 Å². The van der Waals surface area contributed by atoms with Crippen LogP contribution in [0.3, 0.4) is 0 Å². The lowest BCUT2D eigenvalue weighted by Crippen LogP contribution is -2.47. The first-order valence-electron chi connectivity index (χ1n) is 7.70. The van der Waals surface area contributed by atoms with Crippen LogP contribution in [0.5, 0.6) is 11.5 Å². The highest BCUT2D eigenvalue weighted by Gasteiger charge is 2.16. The quantitative estimate of drug-likeness (QED) is 0.362. The van der Waals surface area contributed by atoms with E-state index in [-0.39, 0.29) is 35.7 Å². The number of nitrogens with zero attached hydrogens (tertiary/aromatic N) is 1. The van der Waals surface area contributed by atoms with Crippen LogP contribution in [0, 0.1) is 0 Å². The molecule has 0 saturated heterocycles. The summed E-state index contributed by atoms with van der Waals surface area (Å²) >= 11 is 0. The van der Waals surface area contributed by atoms with E-state index in [0.29, 0.717) is 13.1 Å². The Labute approximate surface area is 162 Å². The van der Waals surface area contributed by atoms with Gasteiger partial charge in [-0.15, -0.1) is 24.0 Å². The molecule has 0 heterocycles. The van der Waals surface area contributed by atoms with Gasteiger partial charge in [0.25, 0.3) is 0 Å². The van der Waals surface area contributed by atoms with Crippen molar-refractivity contribution < 1.29 is 14.2 Å². The summed E-state index contributed by atoms with van der Waals surface area (Å²) in [6, 6.07) is 7.54. The van der Waals surface area contributed by atoms with Gasteiger partial charge in [-0.1, -0.05) is 0 Å². The molecule has 0 bridgehead atoms. The van der Waals surface area contributed by atoms with Crippen LogP contribution in [-0.4, -0.2) is 52.0 Å². The van der Waals surface area contributed by atoms with Crippen molar-refractivity contribution in [3.8, 4) is 11.5 Å².